The van der Waals surface area contributed by atoms with Crippen molar-refractivity contribution in [2.24, 2.45) is 5.92 Å². The number of Topliss-reactive ketones (excluding diaryl/α,β-unsaturated/α-hetero) is 1. The normalized spacial score (nSPS) is 14.1. The molecule has 1 aromatic carbocycles. The van der Waals surface area contributed by atoms with Gasteiger partial charge >= 0.3 is 0 Å². The number of aromatic nitrogens is 1. The van der Waals surface area contributed by atoms with Crippen molar-refractivity contribution < 1.29 is 15.0 Å². The van der Waals surface area contributed by atoms with Crippen LogP contribution in [-0.4, -0.2) is 33.6 Å². The topological polar surface area (TPSA) is 82.5 Å². The summed E-state index contributed by atoms with van der Waals surface area (Å²) in [5, 5.41) is 24.4. The van der Waals surface area contributed by atoms with Gasteiger partial charge in [0.25, 0.3) is 0 Å². The molecule has 2 atom stereocenters. The fraction of sp³-hybridized carbons (Fsp3) is 0.474. The smallest absolute Gasteiger partial charge is 0.183 e. The highest BCUT2D eigenvalue weighted by atomic mass is 16.3. The van der Waals surface area contributed by atoms with Crippen LogP contribution in [0.15, 0.2) is 24.3 Å². The average molecular weight is 330 g/mol. The maximum absolute atomic E-state index is 12.3. The monoisotopic (exact) mass is 330 g/mol. The summed E-state index contributed by atoms with van der Waals surface area (Å²) in [7, 11) is 0. The number of nitrogens with zero attached hydrogens (tertiary/aromatic N) is 1. The maximum atomic E-state index is 12.3. The van der Waals surface area contributed by atoms with Gasteiger partial charge in [0.1, 0.15) is 17.0 Å². The van der Waals surface area contributed by atoms with Crippen LogP contribution < -0.4 is 5.32 Å². The molecule has 5 heteroatoms. The van der Waals surface area contributed by atoms with E-state index in [1.165, 1.54) is 6.07 Å². The van der Waals surface area contributed by atoms with Crippen LogP contribution in [0.4, 0.5) is 0 Å². The number of fused-ring (bicyclic) bond motifs is 1. The summed E-state index contributed by atoms with van der Waals surface area (Å²) in [5.74, 6) is -0.135. The van der Waals surface area contributed by atoms with E-state index < -0.39 is 6.10 Å². The molecular formula is C19H26N2O3. The second kappa shape index (κ2) is 7.73. The quantitative estimate of drug-likeness (QED) is 0.679. The van der Waals surface area contributed by atoms with Crippen molar-refractivity contribution in [2.75, 3.05) is 6.54 Å². The number of ketones is 1. The number of nitrogens with one attached hydrogen (secondary N) is 1. The van der Waals surface area contributed by atoms with Crippen LogP contribution in [0, 0.1) is 5.92 Å². The van der Waals surface area contributed by atoms with E-state index in [1.54, 1.807) is 18.2 Å². The van der Waals surface area contributed by atoms with Gasteiger partial charge in [0.05, 0.1) is 6.10 Å². The Morgan fingerprint density at radius 2 is 1.92 bits per heavy atom. The van der Waals surface area contributed by atoms with Gasteiger partial charge in [-0.1, -0.05) is 39.8 Å². The number of aliphatic hydroxyl groups is 1. The van der Waals surface area contributed by atoms with Gasteiger partial charge in [-0.2, -0.15) is 0 Å². The summed E-state index contributed by atoms with van der Waals surface area (Å²) in [6, 6.07) is 6.90. The van der Waals surface area contributed by atoms with Crippen LogP contribution >= 0.6 is 0 Å². The molecule has 130 valence electrons. The van der Waals surface area contributed by atoms with Gasteiger partial charge in [0.15, 0.2) is 5.78 Å². The molecule has 0 spiro atoms. The number of carbonyl (C=O) groups excluding carboxylic acids is 1. The zero-order valence-electron chi connectivity index (χ0n) is 14.7. The Labute approximate surface area is 142 Å². The van der Waals surface area contributed by atoms with Gasteiger partial charge in [0.2, 0.25) is 0 Å². The zero-order chi connectivity index (χ0) is 17.9. The van der Waals surface area contributed by atoms with Crippen LogP contribution in [-0.2, 0) is 0 Å². The first-order valence-corrected chi connectivity index (χ1v) is 8.43. The number of rotatable bonds is 7. The Morgan fingerprint density at radius 1 is 1.21 bits per heavy atom. The van der Waals surface area contributed by atoms with Gasteiger partial charge < -0.3 is 15.5 Å². The molecule has 5 nitrogen and oxygen atoms in total. The number of hydrogen-bond acceptors (Lipinski definition) is 5. The lowest BCUT2D eigenvalue weighted by molar-refractivity contribution is 0.0922. The molecule has 0 aliphatic heterocycles. The number of carbonyl (C=O) groups is 1. The molecule has 0 amide bonds. The van der Waals surface area contributed by atoms with E-state index in [0.29, 0.717) is 28.7 Å². The lowest BCUT2D eigenvalue weighted by Gasteiger charge is -2.17. The summed E-state index contributed by atoms with van der Waals surface area (Å²) in [6.45, 7) is 8.25. The van der Waals surface area contributed by atoms with Gasteiger partial charge in [-0.3, -0.25) is 4.79 Å². The third-order valence-corrected chi connectivity index (χ3v) is 4.26. The van der Waals surface area contributed by atoms with Crippen molar-refractivity contribution >= 4 is 16.7 Å². The zero-order valence-corrected chi connectivity index (χ0v) is 14.7. The molecule has 0 saturated heterocycles. The predicted octanol–water partition coefficient (Wildman–Crippen LogP) is 3.20. The first-order valence-electron chi connectivity index (χ1n) is 8.43. The molecule has 0 aliphatic rings. The minimum atomic E-state index is -0.714. The highest BCUT2D eigenvalue weighted by Gasteiger charge is 2.19. The van der Waals surface area contributed by atoms with Gasteiger partial charge in [-0.15, -0.1) is 0 Å². The van der Waals surface area contributed by atoms with Crippen LogP contribution in [0.2, 0.25) is 0 Å². The van der Waals surface area contributed by atoms with Crippen LogP contribution in [0.1, 0.15) is 56.3 Å². The highest BCUT2D eigenvalue weighted by molar-refractivity contribution is 5.99. The first kappa shape index (κ1) is 18.4. The molecule has 0 radical (unpaired) electrons. The summed E-state index contributed by atoms with van der Waals surface area (Å²) >= 11 is 0. The SMILES string of the molecule is CCC(C)C(=O)c1ccc2c(C(O)CNC(C)C)ccc(O)c2n1. The Hall–Kier alpha value is -1.98. The van der Waals surface area contributed by atoms with Crippen molar-refractivity contribution in [2.45, 2.75) is 46.3 Å². The van der Waals surface area contributed by atoms with Crippen molar-refractivity contribution in [1.29, 1.82) is 0 Å². The minimum Gasteiger partial charge on any atom is -0.506 e. The number of aromatic hydroxyl groups is 1. The molecule has 0 bridgehead atoms. The largest absolute Gasteiger partial charge is 0.506 e. The molecule has 1 heterocycles. The van der Waals surface area contributed by atoms with Crippen LogP contribution in [0.5, 0.6) is 5.75 Å². The van der Waals surface area contributed by atoms with E-state index in [4.69, 9.17) is 0 Å². The lowest BCUT2D eigenvalue weighted by Crippen LogP contribution is -2.28. The molecule has 0 saturated carbocycles. The third-order valence-electron chi connectivity index (χ3n) is 4.26. The molecule has 3 N–H and O–H groups in total. The average Bonchev–Trinajstić information content (AvgIpc) is 2.58. The number of benzene rings is 1. The molecule has 2 unspecified atom stereocenters. The fourth-order valence-corrected chi connectivity index (χ4v) is 2.55. The molecule has 2 rings (SSSR count). The van der Waals surface area contributed by atoms with Gasteiger partial charge in [-0.25, -0.2) is 4.98 Å². The van der Waals surface area contributed by atoms with Crippen molar-refractivity contribution in [3.63, 3.8) is 0 Å². The summed E-state index contributed by atoms with van der Waals surface area (Å²) < 4.78 is 0. The Bertz CT molecular complexity index is 728. The third kappa shape index (κ3) is 3.91. The standard InChI is InChI=1S/C19H26N2O3/c1-5-12(4)19(24)15-8-6-14-13(17(23)10-20-11(2)3)7-9-16(22)18(14)21-15/h6-9,11-12,17,20,22-23H,5,10H2,1-4H3. The van der Waals surface area contributed by atoms with E-state index in [1.807, 2.05) is 27.7 Å². The van der Waals surface area contributed by atoms with Crippen molar-refractivity contribution in [3.8, 4) is 5.75 Å². The number of phenolic OH excluding ortho intramolecular Hbond substituents is 1. The minimum absolute atomic E-state index is 0.0107. The van der Waals surface area contributed by atoms with E-state index >= 15 is 0 Å². The summed E-state index contributed by atoms with van der Waals surface area (Å²) in [4.78, 5) is 16.7. The Morgan fingerprint density at radius 3 is 2.54 bits per heavy atom. The second-order valence-electron chi connectivity index (χ2n) is 6.52. The number of pyridine rings is 1. The van der Waals surface area contributed by atoms with E-state index in [2.05, 4.69) is 10.3 Å². The Balaban J connectivity index is 2.43. The maximum Gasteiger partial charge on any atom is 0.183 e. The van der Waals surface area contributed by atoms with E-state index in [9.17, 15) is 15.0 Å². The number of aliphatic hydroxyl groups excluding tert-OH is 1. The van der Waals surface area contributed by atoms with Gasteiger partial charge in [0, 0.05) is 23.9 Å². The summed E-state index contributed by atoms with van der Waals surface area (Å²) in [6.07, 6.45) is 0.0258. The molecular weight excluding hydrogens is 304 g/mol. The molecule has 24 heavy (non-hydrogen) atoms. The predicted molar refractivity (Wildman–Crippen MR) is 95.3 cm³/mol. The second-order valence-corrected chi connectivity index (χ2v) is 6.52. The van der Waals surface area contributed by atoms with E-state index in [0.717, 1.165) is 6.42 Å². The summed E-state index contributed by atoms with van der Waals surface area (Å²) in [5.41, 5.74) is 1.38. The molecule has 1 aromatic heterocycles. The van der Waals surface area contributed by atoms with Crippen molar-refractivity contribution in [3.05, 3.63) is 35.5 Å². The van der Waals surface area contributed by atoms with Crippen LogP contribution in [0.3, 0.4) is 0 Å². The highest BCUT2D eigenvalue weighted by Crippen LogP contribution is 2.30. The Kier molecular flexibility index (Phi) is 5.91. The molecule has 0 aliphatic carbocycles. The lowest BCUT2D eigenvalue weighted by atomic mass is 9.98. The van der Waals surface area contributed by atoms with Crippen molar-refractivity contribution in [1.82, 2.24) is 10.3 Å². The van der Waals surface area contributed by atoms with Gasteiger partial charge in [-0.05, 0) is 24.1 Å². The van der Waals surface area contributed by atoms with E-state index in [-0.39, 0.29) is 23.5 Å². The first-order chi connectivity index (χ1) is 11.3. The fourth-order valence-electron chi connectivity index (χ4n) is 2.55. The number of phenols is 1. The van der Waals surface area contributed by atoms with Crippen LogP contribution in [0.25, 0.3) is 10.9 Å². The molecule has 2 aromatic rings. The number of hydrogen-bond donors (Lipinski definition) is 3. The molecule has 0 fully saturated rings.